The summed E-state index contributed by atoms with van der Waals surface area (Å²) in [6, 6.07) is 6.24. The molecule has 1 aromatic rings. The van der Waals surface area contributed by atoms with Crippen LogP contribution < -0.4 is 5.32 Å². The zero-order chi connectivity index (χ0) is 17.0. The van der Waals surface area contributed by atoms with Crippen molar-refractivity contribution < 1.29 is 13.2 Å². The normalized spacial score (nSPS) is 18.0. The molecule has 0 radical (unpaired) electrons. The lowest BCUT2D eigenvalue weighted by Gasteiger charge is -2.35. The minimum Gasteiger partial charge on any atom is -0.340 e. The van der Waals surface area contributed by atoms with Crippen molar-refractivity contribution in [1.29, 1.82) is 0 Å². The minimum atomic E-state index is -3.57. The van der Waals surface area contributed by atoms with E-state index in [1.165, 1.54) is 16.4 Å². The molecule has 6 nitrogen and oxygen atoms in total. The number of halogens is 1. The zero-order valence-corrected chi connectivity index (χ0v) is 14.9. The molecule has 1 N–H and O–H groups in total. The fraction of sp³-hybridized carbons (Fsp3) is 0.533. The number of carbonyl (C=O) groups is 1. The molecule has 1 aromatic carbocycles. The molecule has 1 fully saturated rings. The predicted molar refractivity (Wildman–Crippen MR) is 89.9 cm³/mol. The summed E-state index contributed by atoms with van der Waals surface area (Å²) in [6.45, 7) is 3.90. The number of hydrogen-bond acceptors (Lipinski definition) is 4. The third-order valence-electron chi connectivity index (χ3n) is 3.92. The number of benzene rings is 1. The van der Waals surface area contributed by atoms with E-state index in [0.29, 0.717) is 37.7 Å². The van der Waals surface area contributed by atoms with Gasteiger partial charge in [-0.3, -0.25) is 4.79 Å². The van der Waals surface area contributed by atoms with Gasteiger partial charge in [-0.15, -0.1) is 0 Å². The topological polar surface area (TPSA) is 69.7 Å². The van der Waals surface area contributed by atoms with E-state index in [1.807, 2.05) is 6.92 Å². The Labute approximate surface area is 142 Å². The molecule has 1 aliphatic heterocycles. The van der Waals surface area contributed by atoms with Gasteiger partial charge in [-0.25, -0.2) is 8.42 Å². The summed E-state index contributed by atoms with van der Waals surface area (Å²) < 4.78 is 26.6. The molecule has 1 heterocycles. The van der Waals surface area contributed by atoms with E-state index in [-0.39, 0.29) is 16.7 Å². The second kappa shape index (κ2) is 7.61. The lowest BCUT2D eigenvalue weighted by atomic mass is 10.1. The summed E-state index contributed by atoms with van der Waals surface area (Å²) in [7, 11) is -1.76. The molecule has 1 atom stereocenters. The molecule has 0 aromatic heterocycles. The summed E-state index contributed by atoms with van der Waals surface area (Å²) in [4.78, 5) is 14.2. The van der Waals surface area contributed by atoms with Gasteiger partial charge in [-0.2, -0.15) is 4.31 Å². The Balaban J connectivity index is 2.02. The van der Waals surface area contributed by atoms with Crippen molar-refractivity contribution in [2.24, 2.45) is 5.92 Å². The van der Waals surface area contributed by atoms with Crippen molar-refractivity contribution in [2.75, 3.05) is 39.8 Å². The van der Waals surface area contributed by atoms with Gasteiger partial charge >= 0.3 is 0 Å². The fourth-order valence-corrected chi connectivity index (χ4v) is 4.35. The number of hydrogen-bond donors (Lipinski definition) is 1. The minimum absolute atomic E-state index is 0.0548. The summed E-state index contributed by atoms with van der Waals surface area (Å²) in [5.74, 6) is -0.0600. The SMILES string of the molecule is CNCC(C)C(=O)N1CCN(S(=O)(=O)c2cccc(Cl)c2)CC1. The van der Waals surface area contributed by atoms with Gasteiger partial charge in [0, 0.05) is 43.7 Å². The van der Waals surface area contributed by atoms with Gasteiger partial charge in [0.1, 0.15) is 0 Å². The van der Waals surface area contributed by atoms with Gasteiger partial charge in [-0.05, 0) is 25.2 Å². The molecular formula is C15H22ClN3O3S. The van der Waals surface area contributed by atoms with Crippen LogP contribution in [0.2, 0.25) is 5.02 Å². The van der Waals surface area contributed by atoms with Crippen molar-refractivity contribution in [3.05, 3.63) is 29.3 Å². The molecule has 0 saturated carbocycles. The molecule has 23 heavy (non-hydrogen) atoms. The number of carbonyl (C=O) groups excluding carboxylic acids is 1. The van der Waals surface area contributed by atoms with Gasteiger partial charge in [0.05, 0.1) is 4.90 Å². The Bertz CT molecular complexity index is 658. The van der Waals surface area contributed by atoms with Crippen LogP contribution in [0, 0.1) is 5.92 Å². The van der Waals surface area contributed by atoms with Crippen molar-refractivity contribution in [2.45, 2.75) is 11.8 Å². The van der Waals surface area contributed by atoms with Crippen LogP contribution in [0.3, 0.4) is 0 Å². The molecule has 128 valence electrons. The van der Waals surface area contributed by atoms with E-state index in [4.69, 9.17) is 11.6 Å². The van der Waals surface area contributed by atoms with E-state index in [9.17, 15) is 13.2 Å². The van der Waals surface area contributed by atoms with Crippen molar-refractivity contribution in [1.82, 2.24) is 14.5 Å². The highest BCUT2D eigenvalue weighted by molar-refractivity contribution is 7.89. The highest BCUT2D eigenvalue weighted by atomic mass is 35.5. The van der Waals surface area contributed by atoms with E-state index in [0.717, 1.165) is 0 Å². The third-order valence-corrected chi connectivity index (χ3v) is 6.05. The van der Waals surface area contributed by atoms with Crippen LogP contribution in [-0.2, 0) is 14.8 Å². The van der Waals surface area contributed by atoms with Crippen molar-refractivity contribution in [3.63, 3.8) is 0 Å². The maximum atomic E-state index is 12.6. The van der Waals surface area contributed by atoms with Crippen LogP contribution in [0.15, 0.2) is 29.2 Å². The van der Waals surface area contributed by atoms with Crippen LogP contribution in [0.4, 0.5) is 0 Å². The Hall–Kier alpha value is -1.15. The molecule has 0 aliphatic carbocycles. The van der Waals surface area contributed by atoms with E-state index in [2.05, 4.69) is 5.32 Å². The lowest BCUT2D eigenvalue weighted by Crippen LogP contribution is -2.52. The van der Waals surface area contributed by atoms with Crippen molar-refractivity contribution in [3.8, 4) is 0 Å². The second-order valence-electron chi connectivity index (χ2n) is 5.65. The predicted octanol–water partition coefficient (Wildman–Crippen LogP) is 1.03. The summed E-state index contributed by atoms with van der Waals surface area (Å²) >= 11 is 5.88. The van der Waals surface area contributed by atoms with Gasteiger partial charge in [0.2, 0.25) is 15.9 Å². The van der Waals surface area contributed by atoms with Crippen LogP contribution in [0.5, 0.6) is 0 Å². The summed E-state index contributed by atoms with van der Waals surface area (Å²) in [5, 5.41) is 3.37. The number of sulfonamides is 1. The molecular weight excluding hydrogens is 338 g/mol. The molecule has 1 unspecified atom stereocenters. The molecule has 0 bridgehead atoms. The Morgan fingerprint density at radius 3 is 2.52 bits per heavy atom. The maximum absolute atomic E-state index is 12.6. The average Bonchev–Trinajstić information content (AvgIpc) is 2.54. The Morgan fingerprint density at radius 2 is 1.96 bits per heavy atom. The average molecular weight is 360 g/mol. The molecule has 1 saturated heterocycles. The smallest absolute Gasteiger partial charge is 0.243 e. The highest BCUT2D eigenvalue weighted by Crippen LogP contribution is 2.21. The molecule has 0 spiro atoms. The van der Waals surface area contributed by atoms with Gasteiger partial charge in [0.25, 0.3) is 0 Å². The Morgan fingerprint density at radius 1 is 1.30 bits per heavy atom. The monoisotopic (exact) mass is 359 g/mol. The van der Waals surface area contributed by atoms with Crippen molar-refractivity contribution >= 4 is 27.5 Å². The molecule has 2 rings (SSSR count). The summed E-state index contributed by atoms with van der Waals surface area (Å²) in [6.07, 6.45) is 0. The Kier molecular flexibility index (Phi) is 6.02. The molecule has 1 aliphatic rings. The standard InChI is InChI=1S/C15H22ClN3O3S/c1-12(11-17-2)15(20)18-6-8-19(9-7-18)23(21,22)14-5-3-4-13(16)10-14/h3-5,10,12,17H,6-9,11H2,1-2H3. The fourth-order valence-electron chi connectivity index (χ4n) is 2.63. The summed E-state index contributed by atoms with van der Waals surface area (Å²) in [5.41, 5.74) is 0. The first-order valence-electron chi connectivity index (χ1n) is 7.55. The van der Waals surface area contributed by atoms with Crippen LogP contribution in [0.25, 0.3) is 0 Å². The largest absolute Gasteiger partial charge is 0.340 e. The van der Waals surface area contributed by atoms with Gasteiger partial charge in [-0.1, -0.05) is 24.6 Å². The van der Waals surface area contributed by atoms with Crippen LogP contribution in [-0.4, -0.2) is 63.3 Å². The first kappa shape index (κ1) is 18.2. The van der Waals surface area contributed by atoms with Crippen LogP contribution >= 0.6 is 11.6 Å². The van der Waals surface area contributed by atoms with Gasteiger partial charge < -0.3 is 10.2 Å². The first-order valence-corrected chi connectivity index (χ1v) is 9.37. The highest BCUT2D eigenvalue weighted by Gasteiger charge is 2.31. The van der Waals surface area contributed by atoms with E-state index in [1.54, 1.807) is 24.1 Å². The number of rotatable bonds is 5. The number of amides is 1. The third kappa shape index (κ3) is 4.23. The number of piperazine rings is 1. The number of nitrogens with zero attached hydrogens (tertiary/aromatic N) is 2. The maximum Gasteiger partial charge on any atom is 0.243 e. The number of nitrogens with one attached hydrogen (secondary N) is 1. The zero-order valence-electron chi connectivity index (χ0n) is 13.3. The van der Waals surface area contributed by atoms with E-state index >= 15 is 0 Å². The molecule has 8 heteroatoms. The van der Waals surface area contributed by atoms with Gasteiger partial charge in [0.15, 0.2) is 0 Å². The molecule has 1 amide bonds. The van der Waals surface area contributed by atoms with Crippen LogP contribution in [0.1, 0.15) is 6.92 Å². The van der Waals surface area contributed by atoms with E-state index < -0.39 is 10.0 Å². The first-order chi connectivity index (χ1) is 10.9. The second-order valence-corrected chi connectivity index (χ2v) is 8.02. The quantitative estimate of drug-likeness (QED) is 0.852. The lowest BCUT2D eigenvalue weighted by molar-refractivity contribution is -0.136.